The first kappa shape index (κ1) is 13.2. The molecule has 1 aliphatic rings. The van der Waals surface area contributed by atoms with Crippen molar-refractivity contribution in [3.8, 4) is 0 Å². The molecule has 1 aliphatic heterocycles. The van der Waals surface area contributed by atoms with E-state index in [1.165, 1.54) is 20.8 Å². The van der Waals surface area contributed by atoms with E-state index in [1.807, 2.05) is 35.4 Å². The van der Waals surface area contributed by atoms with E-state index < -0.39 is 0 Å². The molecular formula is C17H16N2S2. The Balaban J connectivity index is 1.73. The molecule has 106 valence electrons. The van der Waals surface area contributed by atoms with Crippen LogP contribution in [-0.4, -0.2) is 10.2 Å². The van der Waals surface area contributed by atoms with Crippen molar-refractivity contribution in [3.05, 3.63) is 53.5 Å². The summed E-state index contributed by atoms with van der Waals surface area (Å²) in [6.07, 6.45) is 3.01. The van der Waals surface area contributed by atoms with Crippen molar-refractivity contribution in [2.75, 3.05) is 5.32 Å². The third-order valence-electron chi connectivity index (χ3n) is 3.89. The minimum absolute atomic E-state index is 0.397. The predicted molar refractivity (Wildman–Crippen MR) is 92.4 cm³/mol. The molecular weight excluding hydrogens is 296 g/mol. The van der Waals surface area contributed by atoms with Crippen LogP contribution >= 0.6 is 23.1 Å². The van der Waals surface area contributed by atoms with Gasteiger partial charge in [-0.1, -0.05) is 13.0 Å². The lowest BCUT2D eigenvalue weighted by atomic mass is 10.0. The number of nitrogens with one attached hydrogen (secondary N) is 1. The average Bonchev–Trinajstić information content (AvgIpc) is 2.96. The second-order valence-corrected chi connectivity index (χ2v) is 8.02. The fourth-order valence-corrected chi connectivity index (χ4v) is 5.47. The Morgan fingerprint density at radius 1 is 1.19 bits per heavy atom. The summed E-state index contributed by atoms with van der Waals surface area (Å²) in [5, 5.41) is 7.80. The van der Waals surface area contributed by atoms with Gasteiger partial charge in [-0.25, -0.2) is 0 Å². The molecule has 0 saturated carbocycles. The van der Waals surface area contributed by atoms with Gasteiger partial charge in [0.1, 0.15) is 0 Å². The number of benzene rings is 1. The highest BCUT2D eigenvalue weighted by atomic mass is 32.2. The maximum atomic E-state index is 4.44. The molecule has 0 amide bonds. The molecule has 3 aromatic rings. The highest BCUT2D eigenvalue weighted by Crippen LogP contribution is 2.45. The zero-order valence-corrected chi connectivity index (χ0v) is 13.4. The standard InChI is InChI=1S/C17H16N2S2/c1-11-10-16(13-7-9-20-17(13)21-11)19-15-6-2-5-14-12(15)4-3-8-18-14/h2-9,11,16,19H,10H2,1H3/t11-,16?/m0/s1. The number of rotatable bonds is 2. The minimum atomic E-state index is 0.397. The van der Waals surface area contributed by atoms with Crippen molar-refractivity contribution >= 4 is 39.7 Å². The fourth-order valence-electron chi connectivity index (χ4n) is 2.90. The van der Waals surface area contributed by atoms with E-state index in [9.17, 15) is 0 Å². The highest BCUT2D eigenvalue weighted by molar-refractivity contribution is 8.01. The molecule has 2 aromatic heterocycles. The van der Waals surface area contributed by atoms with Crippen molar-refractivity contribution in [2.45, 2.75) is 28.8 Å². The van der Waals surface area contributed by atoms with E-state index in [2.05, 4.69) is 52.9 Å². The monoisotopic (exact) mass is 312 g/mol. The van der Waals surface area contributed by atoms with Gasteiger partial charge >= 0.3 is 0 Å². The molecule has 2 nitrogen and oxygen atoms in total. The largest absolute Gasteiger partial charge is 0.378 e. The molecule has 0 fully saturated rings. The number of nitrogens with zero attached hydrogens (tertiary/aromatic N) is 1. The summed E-state index contributed by atoms with van der Waals surface area (Å²) in [7, 11) is 0. The van der Waals surface area contributed by atoms with Crippen LogP contribution in [0.2, 0.25) is 0 Å². The first-order valence-electron chi connectivity index (χ1n) is 7.15. The first-order chi connectivity index (χ1) is 10.3. The smallest absolute Gasteiger partial charge is 0.0722 e. The number of hydrogen-bond donors (Lipinski definition) is 1. The molecule has 1 aromatic carbocycles. The summed E-state index contributed by atoms with van der Waals surface area (Å²) in [6, 6.07) is 13.1. The van der Waals surface area contributed by atoms with Crippen LogP contribution in [0.15, 0.2) is 52.2 Å². The third-order valence-corrected chi connectivity index (χ3v) is 6.23. The van der Waals surface area contributed by atoms with Crippen molar-refractivity contribution in [2.24, 2.45) is 0 Å². The molecule has 3 heterocycles. The molecule has 0 radical (unpaired) electrons. The summed E-state index contributed by atoms with van der Waals surface area (Å²) in [5.74, 6) is 0. The van der Waals surface area contributed by atoms with E-state index >= 15 is 0 Å². The van der Waals surface area contributed by atoms with E-state index in [-0.39, 0.29) is 0 Å². The summed E-state index contributed by atoms with van der Waals surface area (Å²) >= 11 is 3.86. The van der Waals surface area contributed by atoms with Crippen molar-refractivity contribution in [1.29, 1.82) is 0 Å². The Kier molecular flexibility index (Phi) is 3.36. The predicted octanol–water partition coefficient (Wildman–Crippen LogP) is 5.33. The molecule has 0 saturated heterocycles. The second-order valence-electron chi connectivity index (χ2n) is 5.40. The molecule has 2 atom stereocenters. The van der Waals surface area contributed by atoms with Crippen LogP contribution in [0.1, 0.15) is 24.9 Å². The van der Waals surface area contributed by atoms with Gasteiger partial charge in [-0.15, -0.1) is 23.1 Å². The lowest BCUT2D eigenvalue weighted by Gasteiger charge is -2.28. The van der Waals surface area contributed by atoms with Crippen LogP contribution in [0, 0.1) is 0 Å². The Bertz CT molecular complexity index is 776. The number of aromatic nitrogens is 1. The Morgan fingerprint density at radius 3 is 3.10 bits per heavy atom. The highest BCUT2D eigenvalue weighted by Gasteiger charge is 2.26. The number of fused-ring (bicyclic) bond motifs is 2. The van der Waals surface area contributed by atoms with Gasteiger partial charge in [-0.2, -0.15) is 0 Å². The Labute approximate surface area is 132 Å². The molecule has 0 bridgehead atoms. The zero-order valence-electron chi connectivity index (χ0n) is 11.7. The SMILES string of the molecule is C[C@H]1CC(Nc2cccc3ncccc23)c2ccsc2S1. The molecule has 1 N–H and O–H groups in total. The number of thioether (sulfide) groups is 1. The van der Waals surface area contributed by atoms with Gasteiger partial charge in [-0.3, -0.25) is 4.98 Å². The summed E-state index contributed by atoms with van der Waals surface area (Å²) < 4.78 is 1.46. The van der Waals surface area contributed by atoms with Gasteiger partial charge < -0.3 is 5.32 Å². The maximum absolute atomic E-state index is 4.44. The second kappa shape index (κ2) is 5.35. The van der Waals surface area contributed by atoms with Crippen LogP contribution < -0.4 is 5.32 Å². The van der Waals surface area contributed by atoms with Crippen molar-refractivity contribution in [3.63, 3.8) is 0 Å². The van der Waals surface area contributed by atoms with Crippen LogP contribution in [-0.2, 0) is 0 Å². The van der Waals surface area contributed by atoms with Gasteiger partial charge in [0.05, 0.1) is 15.8 Å². The fraction of sp³-hybridized carbons (Fsp3) is 0.235. The first-order valence-corrected chi connectivity index (χ1v) is 8.91. The van der Waals surface area contributed by atoms with Gasteiger partial charge in [0, 0.05) is 22.5 Å². The number of hydrogen-bond acceptors (Lipinski definition) is 4. The normalized spacial score (nSPS) is 21.2. The van der Waals surface area contributed by atoms with Gasteiger partial charge in [0.15, 0.2) is 0 Å². The maximum Gasteiger partial charge on any atom is 0.0722 e. The van der Waals surface area contributed by atoms with Crippen LogP contribution in [0.25, 0.3) is 10.9 Å². The zero-order chi connectivity index (χ0) is 14.2. The van der Waals surface area contributed by atoms with Crippen molar-refractivity contribution in [1.82, 2.24) is 4.98 Å². The van der Waals surface area contributed by atoms with Crippen molar-refractivity contribution < 1.29 is 0 Å². The van der Waals surface area contributed by atoms with E-state index in [4.69, 9.17) is 0 Å². The molecule has 4 rings (SSSR count). The Hall–Kier alpha value is -1.52. The lowest BCUT2D eigenvalue weighted by molar-refractivity contribution is 0.670. The summed E-state index contributed by atoms with van der Waals surface area (Å²) in [5.41, 5.74) is 3.68. The minimum Gasteiger partial charge on any atom is -0.378 e. The Morgan fingerprint density at radius 2 is 2.14 bits per heavy atom. The van der Waals surface area contributed by atoms with Gasteiger partial charge in [0.25, 0.3) is 0 Å². The molecule has 0 spiro atoms. The molecule has 21 heavy (non-hydrogen) atoms. The quantitative estimate of drug-likeness (QED) is 0.692. The topological polar surface area (TPSA) is 24.9 Å². The van der Waals surface area contributed by atoms with Gasteiger partial charge in [-0.05, 0) is 47.7 Å². The van der Waals surface area contributed by atoms with Gasteiger partial charge in [0.2, 0.25) is 0 Å². The molecule has 4 heteroatoms. The van der Waals surface area contributed by atoms with E-state index in [0.29, 0.717) is 11.3 Å². The number of thiophene rings is 1. The van der Waals surface area contributed by atoms with E-state index in [1.54, 1.807) is 0 Å². The number of pyridine rings is 1. The van der Waals surface area contributed by atoms with Crippen LogP contribution in [0.3, 0.4) is 0 Å². The average molecular weight is 312 g/mol. The number of anilines is 1. The molecule has 0 aliphatic carbocycles. The van der Waals surface area contributed by atoms with Crippen LogP contribution in [0.4, 0.5) is 5.69 Å². The molecule has 1 unspecified atom stereocenters. The lowest BCUT2D eigenvalue weighted by Crippen LogP contribution is -2.19. The van der Waals surface area contributed by atoms with Crippen LogP contribution in [0.5, 0.6) is 0 Å². The van der Waals surface area contributed by atoms with E-state index in [0.717, 1.165) is 11.9 Å². The third kappa shape index (κ3) is 2.43. The summed E-state index contributed by atoms with van der Waals surface area (Å²) in [6.45, 7) is 2.31. The summed E-state index contributed by atoms with van der Waals surface area (Å²) in [4.78, 5) is 4.44.